The number of carbonyl (C=O) groups is 11. The zero-order chi connectivity index (χ0) is 48.3. The number of nitrogens with zero attached hydrogens (tertiary/aromatic N) is 1. The third kappa shape index (κ3) is 18.6. The predicted octanol–water partition coefficient (Wildman–Crippen LogP) is -3.06. The van der Waals surface area contributed by atoms with Crippen LogP contribution in [-0.4, -0.2) is 146 Å². The normalized spacial score (nSPS) is 16.1. The molecular formula is C40H59N9O15. The summed E-state index contributed by atoms with van der Waals surface area (Å²) in [7, 11) is 0. The molecule has 24 heteroatoms. The van der Waals surface area contributed by atoms with Gasteiger partial charge in [-0.1, -0.05) is 26.0 Å². The number of carboxylic acids is 3. The van der Waals surface area contributed by atoms with Crippen LogP contribution in [0.1, 0.15) is 84.1 Å². The molecule has 0 radical (unpaired) electrons. The van der Waals surface area contributed by atoms with Gasteiger partial charge in [-0.15, -0.1) is 0 Å². The van der Waals surface area contributed by atoms with E-state index in [2.05, 4.69) is 31.9 Å². The highest BCUT2D eigenvalue weighted by molar-refractivity contribution is 5.97. The summed E-state index contributed by atoms with van der Waals surface area (Å²) in [5.74, 6) is -11.0. The van der Waals surface area contributed by atoms with Crippen LogP contribution in [-0.2, 0) is 59.2 Å². The number of carbonyl (C=O) groups excluding carboxylic acids is 8. The van der Waals surface area contributed by atoms with Gasteiger partial charge in [-0.25, -0.2) is 4.79 Å². The molecule has 8 amide bonds. The van der Waals surface area contributed by atoms with Gasteiger partial charge in [-0.2, -0.15) is 0 Å². The Bertz CT molecular complexity index is 1880. The van der Waals surface area contributed by atoms with Gasteiger partial charge in [-0.3, -0.25) is 47.9 Å². The molecule has 1 fully saturated rings. The highest BCUT2D eigenvalue weighted by Gasteiger charge is 2.38. The van der Waals surface area contributed by atoms with Crippen molar-refractivity contribution >= 4 is 65.2 Å². The van der Waals surface area contributed by atoms with E-state index in [1.165, 1.54) is 36.1 Å². The summed E-state index contributed by atoms with van der Waals surface area (Å²) in [6, 6.07) is -3.74. The van der Waals surface area contributed by atoms with Crippen LogP contribution >= 0.6 is 0 Å². The van der Waals surface area contributed by atoms with Gasteiger partial charge < -0.3 is 68.7 Å². The van der Waals surface area contributed by atoms with Crippen LogP contribution in [0.15, 0.2) is 24.3 Å². The Morgan fingerprint density at radius 2 is 1.27 bits per heavy atom. The zero-order valence-electron chi connectivity index (χ0n) is 35.8. The Kier molecular flexibility index (Phi) is 21.6. The summed E-state index contributed by atoms with van der Waals surface area (Å²) < 4.78 is 0. The number of hydrogen-bond acceptors (Lipinski definition) is 13. The number of aromatic hydroxyl groups is 1. The first-order chi connectivity index (χ1) is 30.0. The third-order valence-electron chi connectivity index (χ3n) is 9.94. The number of hydrogen-bond donors (Lipinski definition) is 12. The number of nitrogens with one attached hydrogen (secondary N) is 6. The fraction of sp³-hybridized carbons (Fsp3) is 0.575. The van der Waals surface area contributed by atoms with Crippen molar-refractivity contribution in [2.75, 3.05) is 13.1 Å². The molecule has 1 aromatic rings. The lowest BCUT2D eigenvalue weighted by molar-refractivity contribution is -0.144. The van der Waals surface area contributed by atoms with E-state index in [4.69, 9.17) is 21.7 Å². The Morgan fingerprint density at radius 3 is 1.84 bits per heavy atom. The Labute approximate surface area is 368 Å². The number of carboxylic acid groups (broad SMARTS) is 3. The molecule has 0 aromatic heterocycles. The second kappa shape index (κ2) is 25.9. The minimum Gasteiger partial charge on any atom is -0.508 e. The van der Waals surface area contributed by atoms with E-state index in [1.807, 2.05) is 0 Å². The Hall–Kier alpha value is -6.85. The molecule has 0 bridgehead atoms. The van der Waals surface area contributed by atoms with Crippen LogP contribution in [0.4, 0.5) is 0 Å². The van der Waals surface area contributed by atoms with Gasteiger partial charge in [0.2, 0.25) is 47.3 Å². The van der Waals surface area contributed by atoms with Crippen molar-refractivity contribution in [3.63, 3.8) is 0 Å². The number of rotatable bonds is 27. The molecule has 0 aliphatic carbocycles. The number of aliphatic carboxylic acids is 3. The maximum Gasteiger partial charge on any atom is 0.326 e. The van der Waals surface area contributed by atoms with E-state index in [-0.39, 0.29) is 63.2 Å². The first kappa shape index (κ1) is 53.3. The van der Waals surface area contributed by atoms with Gasteiger partial charge in [-0.05, 0) is 69.1 Å². The largest absolute Gasteiger partial charge is 0.508 e. The number of phenols is 1. The molecule has 0 unspecified atom stereocenters. The molecule has 1 aliphatic heterocycles. The summed E-state index contributed by atoms with van der Waals surface area (Å²) in [4.78, 5) is 139. The van der Waals surface area contributed by atoms with Crippen LogP contribution in [0, 0.1) is 5.92 Å². The minimum atomic E-state index is -1.58. The molecule has 1 heterocycles. The van der Waals surface area contributed by atoms with E-state index in [1.54, 1.807) is 13.8 Å². The predicted molar refractivity (Wildman–Crippen MR) is 222 cm³/mol. The van der Waals surface area contributed by atoms with Crippen LogP contribution in [0.2, 0.25) is 0 Å². The summed E-state index contributed by atoms with van der Waals surface area (Å²) in [6.45, 7) is 4.13. The van der Waals surface area contributed by atoms with E-state index in [0.717, 1.165) is 0 Å². The smallest absolute Gasteiger partial charge is 0.326 e. The summed E-state index contributed by atoms with van der Waals surface area (Å²) in [6.07, 6.45) is -1.75. The van der Waals surface area contributed by atoms with Gasteiger partial charge in [0.25, 0.3) is 0 Å². The third-order valence-corrected chi connectivity index (χ3v) is 9.94. The molecule has 14 N–H and O–H groups in total. The van der Waals surface area contributed by atoms with Crippen molar-refractivity contribution in [2.45, 2.75) is 127 Å². The quantitative estimate of drug-likeness (QED) is 0.0417. The first-order valence-corrected chi connectivity index (χ1v) is 20.6. The number of phenolic OH excluding ortho intramolecular Hbond substituents is 1. The summed E-state index contributed by atoms with van der Waals surface area (Å²) >= 11 is 0. The fourth-order valence-electron chi connectivity index (χ4n) is 6.54. The van der Waals surface area contributed by atoms with Gasteiger partial charge in [0.15, 0.2) is 0 Å². The van der Waals surface area contributed by atoms with Crippen molar-refractivity contribution in [2.24, 2.45) is 17.4 Å². The molecule has 1 saturated heterocycles. The van der Waals surface area contributed by atoms with E-state index in [9.17, 15) is 63.0 Å². The number of likely N-dealkylation sites (tertiary alicyclic amines) is 1. The second-order valence-corrected chi connectivity index (χ2v) is 15.8. The van der Waals surface area contributed by atoms with Crippen LogP contribution in [0.3, 0.4) is 0 Å². The molecule has 24 nitrogen and oxygen atoms in total. The van der Waals surface area contributed by atoms with Gasteiger partial charge in [0.1, 0.15) is 42.0 Å². The van der Waals surface area contributed by atoms with Crippen molar-refractivity contribution < 1.29 is 73.2 Å². The number of amides is 8. The molecule has 2 rings (SSSR count). The van der Waals surface area contributed by atoms with Crippen LogP contribution in [0.25, 0.3) is 0 Å². The van der Waals surface area contributed by atoms with Gasteiger partial charge >= 0.3 is 17.9 Å². The van der Waals surface area contributed by atoms with Gasteiger partial charge in [0, 0.05) is 32.2 Å². The number of nitrogens with two attached hydrogens (primary N) is 2. The Morgan fingerprint density at radius 1 is 0.703 bits per heavy atom. The molecule has 7 atom stereocenters. The van der Waals surface area contributed by atoms with Crippen molar-refractivity contribution in [3.05, 3.63) is 29.8 Å². The van der Waals surface area contributed by atoms with Crippen LogP contribution < -0.4 is 43.4 Å². The van der Waals surface area contributed by atoms with E-state index < -0.39 is 127 Å². The molecule has 0 saturated carbocycles. The monoisotopic (exact) mass is 905 g/mol. The first-order valence-electron chi connectivity index (χ1n) is 20.6. The maximum absolute atomic E-state index is 13.8. The molecule has 1 aromatic carbocycles. The topological polar surface area (TPSA) is 396 Å². The molecule has 0 spiro atoms. The van der Waals surface area contributed by atoms with Crippen molar-refractivity contribution in [3.8, 4) is 5.75 Å². The van der Waals surface area contributed by atoms with Gasteiger partial charge in [0.05, 0.1) is 12.6 Å². The lowest BCUT2D eigenvalue weighted by atomic mass is 10.00. The second-order valence-electron chi connectivity index (χ2n) is 15.8. The average molecular weight is 906 g/mol. The minimum absolute atomic E-state index is 0.0115. The SMILES string of the molecule is CC(C)C[C@H](NC(=O)[C@H](Cc1ccc(O)cc1)NC(=O)[C@H](C)NC(=O)CNC(=O)[C@H](CCC(N)=O)NC(=O)[C@@H]1CCCN1C(=O)[C@@H](N)CCC(=O)O)C(=O)N[C@@H](CCC(=O)O)C(=O)O. The lowest BCUT2D eigenvalue weighted by Crippen LogP contribution is -2.58. The highest BCUT2D eigenvalue weighted by atomic mass is 16.4. The standard InChI is InChI=1S/C40H59N9O15/c1-20(2)17-27(36(59)46-26(40(63)64)12-15-33(55)56)48-37(60)28(18-22-6-8-23(50)9-7-22)47-34(57)21(3)44-31(52)19-43-35(58)25(11-13-30(42)51)45-38(61)29-5-4-16-49(29)39(62)24(41)10-14-32(53)54/h6-9,20-21,24-29,50H,4-5,10-19,41H2,1-3H3,(H2,42,51)(H,43,58)(H,44,52)(H,45,61)(H,46,59)(H,47,57)(H,48,60)(H,53,54)(H,55,56)(H,63,64)/t21-,24-,25-,26-,27-,28-,29-/m0/s1. The average Bonchev–Trinajstić information content (AvgIpc) is 3.71. The van der Waals surface area contributed by atoms with E-state index in [0.29, 0.717) is 12.0 Å². The molecule has 64 heavy (non-hydrogen) atoms. The number of benzene rings is 1. The number of primary amides is 1. The fourth-order valence-corrected chi connectivity index (χ4v) is 6.54. The lowest BCUT2D eigenvalue weighted by Gasteiger charge is -2.28. The zero-order valence-corrected chi connectivity index (χ0v) is 35.8. The summed E-state index contributed by atoms with van der Waals surface area (Å²) in [5, 5.41) is 51.7. The highest BCUT2D eigenvalue weighted by Crippen LogP contribution is 2.20. The van der Waals surface area contributed by atoms with Crippen molar-refractivity contribution in [1.82, 2.24) is 36.8 Å². The van der Waals surface area contributed by atoms with Crippen molar-refractivity contribution in [1.29, 1.82) is 0 Å². The van der Waals surface area contributed by atoms with Crippen LogP contribution in [0.5, 0.6) is 5.75 Å². The molecule has 1 aliphatic rings. The Balaban J connectivity index is 2.16. The maximum atomic E-state index is 13.8. The molecular weight excluding hydrogens is 846 g/mol. The summed E-state index contributed by atoms with van der Waals surface area (Å²) in [5.41, 5.74) is 11.6. The van der Waals surface area contributed by atoms with E-state index >= 15 is 0 Å². The molecule has 354 valence electrons.